The molecule has 0 radical (unpaired) electrons. The Morgan fingerprint density at radius 3 is 3.00 bits per heavy atom. The van der Waals surface area contributed by atoms with Gasteiger partial charge in [-0.25, -0.2) is 4.68 Å². The third-order valence-corrected chi connectivity index (χ3v) is 3.14. The molecule has 8 heteroatoms. The molecular weight excluding hydrogens is 274 g/mol. The molecule has 0 saturated heterocycles. The van der Waals surface area contributed by atoms with E-state index in [4.69, 9.17) is 4.52 Å². The van der Waals surface area contributed by atoms with Crippen LogP contribution in [0.1, 0.15) is 31.5 Å². The van der Waals surface area contributed by atoms with E-state index in [9.17, 15) is 9.59 Å². The number of carbonyl (C=O) groups is 1. The smallest absolute Gasteiger partial charge is 0.278 e. The van der Waals surface area contributed by atoms with Crippen molar-refractivity contribution in [2.75, 3.05) is 6.54 Å². The Balaban J connectivity index is 1.85. The number of hydrogen-bond donors (Lipinski definition) is 1. The van der Waals surface area contributed by atoms with E-state index in [2.05, 4.69) is 20.6 Å². The zero-order chi connectivity index (χ0) is 14.8. The summed E-state index contributed by atoms with van der Waals surface area (Å²) < 4.78 is 6.24. The molecule has 1 aliphatic rings. The van der Waals surface area contributed by atoms with Crippen LogP contribution in [0.2, 0.25) is 0 Å². The van der Waals surface area contributed by atoms with Crippen molar-refractivity contribution in [3.8, 4) is 11.6 Å². The number of aromatic nitrogens is 4. The van der Waals surface area contributed by atoms with Gasteiger partial charge in [0.05, 0.1) is 0 Å². The molecule has 2 heterocycles. The fourth-order valence-corrected chi connectivity index (χ4v) is 1.91. The molecule has 0 aliphatic heterocycles. The van der Waals surface area contributed by atoms with Crippen molar-refractivity contribution in [1.29, 1.82) is 0 Å². The average Bonchev–Trinajstić information content (AvgIpc) is 3.19. The van der Waals surface area contributed by atoms with Crippen LogP contribution in [-0.4, -0.2) is 32.4 Å². The standard InChI is InChI=1S/C13H15N5O3/c1-2-14-10(19)7-18-11(20)6-5-9(16-18)13-15-12(17-21-13)8-3-4-8/h5-6,8H,2-4,7H2,1H3,(H,14,19). The predicted molar refractivity (Wildman–Crippen MR) is 72.4 cm³/mol. The zero-order valence-electron chi connectivity index (χ0n) is 11.6. The normalized spacial score (nSPS) is 14.1. The molecule has 2 aromatic heterocycles. The molecule has 1 fully saturated rings. The van der Waals surface area contributed by atoms with Gasteiger partial charge >= 0.3 is 0 Å². The Kier molecular flexibility index (Phi) is 3.51. The van der Waals surface area contributed by atoms with Gasteiger partial charge in [0.15, 0.2) is 5.82 Å². The quantitative estimate of drug-likeness (QED) is 0.849. The van der Waals surface area contributed by atoms with Crippen molar-refractivity contribution in [3.05, 3.63) is 28.3 Å². The number of hydrogen-bond acceptors (Lipinski definition) is 6. The fourth-order valence-electron chi connectivity index (χ4n) is 1.91. The number of nitrogens with zero attached hydrogens (tertiary/aromatic N) is 4. The summed E-state index contributed by atoms with van der Waals surface area (Å²) in [5.41, 5.74) is 0.0326. The van der Waals surface area contributed by atoms with E-state index in [1.165, 1.54) is 12.1 Å². The number of amides is 1. The molecule has 0 spiro atoms. The first-order valence-corrected chi connectivity index (χ1v) is 6.86. The molecular formula is C13H15N5O3. The van der Waals surface area contributed by atoms with Crippen molar-refractivity contribution in [2.45, 2.75) is 32.2 Å². The van der Waals surface area contributed by atoms with Crippen LogP contribution >= 0.6 is 0 Å². The van der Waals surface area contributed by atoms with Gasteiger partial charge in [0.1, 0.15) is 12.2 Å². The number of nitrogens with one attached hydrogen (secondary N) is 1. The summed E-state index contributed by atoms with van der Waals surface area (Å²) in [5, 5.41) is 10.6. The summed E-state index contributed by atoms with van der Waals surface area (Å²) in [7, 11) is 0. The molecule has 0 aromatic carbocycles. The van der Waals surface area contributed by atoms with Crippen LogP contribution in [0.15, 0.2) is 21.5 Å². The molecule has 3 rings (SSSR count). The largest absolute Gasteiger partial charge is 0.355 e. The van der Waals surface area contributed by atoms with Crippen LogP contribution in [0.3, 0.4) is 0 Å². The van der Waals surface area contributed by atoms with Crippen LogP contribution < -0.4 is 10.9 Å². The first kappa shape index (κ1) is 13.5. The summed E-state index contributed by atoms with van der Waals surface area (Å²) in [4.78, 5) is 27.5. The van der Waals surface area contributed by atoms with Gasteiger partial charge in [-0.05, 0) is 25.8 Å². The van der Waals surface area contributed by atoms with Gasteiger partial charge in [0, 0.05) is 18.5 Å². The molecule has 21 heavy (non-hydrogen) atoms. The van der Waals surface area contributed by atoms with E-state index in [0.717, 1.165) is 17.5 Å². The van der Waals surface area contributed by atoms with Crippen LogP contribution in [0, 0.1) is 0 Å². The lowest BCUT2D eigenvalue weighted by Crippen LogP contribution is -2.33. The van der Waals surface area contributed by atoms with E-state index >= 15 is 0 Å². The first-order chi connectivity index (χ1) is 10.2. The predicted octanol–water partition coefficient (Wildman–Crippen LogP) is 0.307. The topological polar surface area (TPSA) is 103 Å². The minimum atomic E-state index is -0.355. The molecule has 0 atom stereocenters. The number of likely N-dealkylation sites (N-methyl/N-ethyl adjacent to an activating group) is 1. The second-order valence-electron chi connectivity index (χ2n) is 4.90. The second-order valence-corrected chi connectivity index (χ2v) is 4.90. The highest BCUT2D eigenvalue weighted by Gasteiger charge is 2.29. The minimum Gasteiger partial charge on any atom is -0.355 e. The summed E-state index contributed by atoms with van der Waals surface area (Å²) in [5.74, 6) is 1.05. The lowest BCUT2D eigenvalue weighted by molar-refractivity contribution is -0.121. The van der Waals surface area contributed by atoms with Gasteiger partial charge in [-0.3, -0.25) is 9.59 Å². The molecule has 8 nitrogen and oxygen atoms in total. The molecule has 110 valence electrons. The van der Waals surface area contributed by atoms with Gasteiger partial charge < -0.3 is 9.84 Å². The van der Waals surface area contributed by atoms with Gasteiger partial charge in [-0.15, -0.1) is 0 Å². The van der Waals surface area contributed by atoms with E-state index in [1.54, 1.807) is 0 Å². The Labute approximate surface area is 120 Å². The lowest BCUT2D eigenvalue weighted by Gasteiger charge is -2.05. The molecule has 1 saturated carbocycles. The van der Waals surface area contributed by atoms with Gasteiger partial charge in [-0.1, -0.05) is 5.16 Å². The zero-order valence-corrected chi connectivity index (χ0v) is 11.6. The third-order valence-electron chi connectivity index (χ3n) is 3.14. The highest BCUT2D eigenvalue weighted by molar-refractivity contribution is 5.75. The fraction of sp³-hybridized carbons (Fsp3) is 0.462. The van der Waals surface area contributed by atoms with Crippen LogP contribution in [0.25, 0.3) is 11.6 Å². The van der Waals surface area contributed by atoms with Crippen LogP contribution in [0.4, 0.5) is 0 Å². The molecule has 1 aliphatic carbocycles. The van der Waals surface area contributed by atoms with Crippen molar-refractivity contribution in [3.63, 3.8) is 0 Å². The van der Waals surface area contributed by atoms with Crippen LogP contribution in [0.5, 0.6) is 0 Å². The van der Waals surface area contributed by atoms with E-state index in [0.29, 0.717) is 24.0 Å². The Morgan fingerprint density at radius 2 is 2.29 bits per heavy atom. The summed E-state index contributed by atoms with van der Waals surface area (Å²) in [6.45, 7) is 2.17. The Bertz CT molecular complexity index is 717. The van der Waals surface area contributed by atoms with Crippen molar-refractivity contribution in [1.82, 2.24) is 25.2 Å². The SMILES string of the molecule is CCNC(=O)Cn1nc(-c2nc(C3CC3)no2)ccc1=O. The Hall–Kier alpha value is -2.51. The highest BCUT2D eigenvalue weighted by Crippen LogP contribution is 2.38. The second kappa shape index (κ2) is 5.47. The van der Waals surface area contributed by atoms with Gasteiger partial charge in [0.2, 0.25) is 5.91 Å². The van der Waals surface area contributed by atoms with Gasteiger partial charge in [0.25, 0.3) is 11.4 Å². The van der Waals surface area contributed by atoms with Gasteiger partial charge in [-0.2, -0.15) is 10.1 Å². The van der Waals surface area contributed by atoms with Crippen molar-refractivity contribution in [2.24, 2.45) is 0 Å². The first-order valence-electron chi connectivity index (χ1n) is 6.86. The molecule has 1 N–H and O–H groups in total. The number of rotatable bonds is 5. The average molecular weight is 289 g/mol. The lowest BCUT2D eigenvalue weighted by atomic mass is 10.3. The molecule has 0 bridgehead atoms. The summed E-state index contributed by atoms with van der Waals surface area (Å²) in [6.07, 6.45) is 2.15. The number of carbonyl (C=O) groups excluding carboxylic acids is 1. The van der Waals surface area contributed by atoms with Crippen LogP contribution in [-0.2, 0) is 11.3 Å². The molecule has 2 aromatic rings. The molecule has 1 amide bonds. The summed E-state index contributed by atoms with van der Waals surface area (Å²) in [6, 6.07) is 2.85. The highest BCUT2D eigenvalue weighted by atomic mass is 16.5. The van der Waals surface area contributed by atoms with Crippen molar-refractivity contribution < 1.29 is 9.32 Å². The van der Waals surface area contributed by atoms with E-state index in [-0.39, 0.29) is 23.9 Å². The molecule has 0 unspecified atom stereocenters. The Morgan fingerprint density at radius 1 is 1.48 bits per heavy atom. The van der Waals surface area contributed by atoms with Crippen molar-refractivity contribution >= 4 is 5.91 Å². The maximum atomic E-state index is 11.7. The monoisotopic (exact) mass is 289 g/mol. The van der Waals surface area contributed by atoms with E-state index < -0.39 is 0 Å². The summed E-state index contributed by atoms with van der Waals surface area (Å²) >= 11 is 0. The maximum absolute atomic E-state index is 11.7. The van der Waals surface area contributed by atoms with E-state index in [1.807, 2.05) is 6.92 Å². The third kappa shape index (κ3) is 2.99. The minimum absolute atomic E-state index is 0.135. The maximum Gasteiger partial charge on any atom is 0.278 e.